The maximum absolute atomic E-state index is 11.7. The van der Waals surface area contributed by atoms with Gasteiger partial charge in [0.25, 0.3) is 0 Å². The number of carbonyl (C=O) groups excluding carboxylic acids is 1. The van der Waals surface area contributed by atoms with E-state index in [1.165, 1.54) is 44.9 Å². The standard InChI is InChI=1S/C17H35NO2/c1-6-7-8-9-10-11-12-13-14-18-15(2)16(19)20-17(3,4)5/h15,18H,6-14H2,1-5H3. The lowest BCUT2D eigenvalue weighted by Gasteiger charge is -2.22. The molecule has 0 rings (SSSR count). The largest absolute Gasteiger partial charge is 0.459 e. The highest BCUT2D eigenvalue weighted by molar-refractivity contribution is 5.75. The summed E-state index contributed by atoms with van der Waals surface area (Å²) < 4.78 is 5.33. The van der Waals surface area contributed by atoms with Crippen molar-refractivity contribution in [2.24, 2.45) is 0 Å². The molecule has 3 heteroatoms. The summed E-state index contributed by atoms with van der Waals surface area (Å²) in [6, 6.07) is -0.209. The second-order valence-electron chi connectivity index (χ2n) is 6.68. The van der Waals surface area contributed by atoms with Gasteiger partial charge in [0.05, 0.1) is 0 Å². The Kier molecular flexibility index (Phi) is 10.8. The quantitative estimate of drug-likeness (QED) is 0.450. The predicted molar refractivity (Wildman–Crippen MR) is 85.9 cm³/mol. The number of hydrogen-bond donors (Lipinski definition) is 1. The first-order chi connectivity index (χ1) is 9.37. The summed E-state index contributed by atoms with van der Waals surface area (Å²) >= 11 is 0. The Morgan fingerprint density at radius 2 is 1.50 bits per heavy atom. The molecule has 0 fully saturated rings. The van der Waals surface area contributed by atoms with Crippen molar-refractivity contribution >= 4 is 5.97 Å². The van der Waals surface area contributed by atoms with Gasteiger partial charge in [0.1, 0.15) is 11.6 Å². The molecule has 0 aromatic heterocycles. The van der Waals surface area contributed by atoms with E-state index in [1.54, 1.807) is 0 Å². The SMILES string of the molecule is CCCCCCCCCCNC(C)C(=O)OC(C)(C)C. The van der Waals surface area contributed by atoms with Crippen LogP contribution in [0.15, 0.2) is 0 Å². The fourth-order valence-electron chi connectivity index (χ4n) is 2.05. The molecular weight excluding hydrogens is 250 g/mol. The van der Waals surface area contributed by atoms with E-state index in [0.717, 1.165) is 13.0 Å². The maximum Gasteiger partial charge on any atom is 0.323 e. The Morgan fingerprint density at radius 3 is 2.00 bits per heavy atom. The minimum absolute atomic E-state index is 0.155. The molecule has 0 radical (unpaired) electrons. The molecule has 20 heavy (non-hydrogen) atoms. The predicted octanol–water partition coefficient (Wildman–Crippen LogP) is 4.45. The molecule has 3 nitrogen and oxygen atoms in total. The molecule has 0 aromatic carbocycles. The van der Waals surface area contributed by atoms with Crippen LogP contribution in [0.1, 0.15) is 86.0 Å². The number of nitrogens with one attached hydrogen (secondary N) is 1. The molecule has 0 spiro atoms. The fraction of sp³-hybridized carbons (Fsp3) is 0.941. The van der Waals surface area contributed by atoms with E-state index in [-0.39, 0.29) is 12.0 Å². The Labute approximate surface area is 125 Å². The van der Waals surface area contributed by atoms with Crippen LogP contribution in [0.25, 0.3) is 0 Å². The van der Waals surface area contributed by atoms with Gasteiger partial charge in [0.2, 0.25) is 0 Å². The lowest BCUT2D eigenvalue weighted by Crippen LogP contribution is -2.39. The van der Waals surface area contributed by atoms with Gasteiger partial charge >= 0.3 is 5.97 Å². The Balaban J connectivity index is 3.44. The summed E-state index contributed by atoms with van der Waals surface area (Å²) in [5.74, 6) is -0.155. The minimum atomic E-state index is -0.397. The van der Waals surface area contributed by atoms with Gasteiger partial charge in [0.15, 0.2) is 0 Å². The van der Waals surface area contributed by atoms with Crippen molar-refractivity contribution in [1.29, 1.82) is 0 Å². The average Bonchev–Trinajstić information content (AvgIpc) is 2.34. The van der Waals surface area contributed by atoms with Crippen LogP contribution in [0, 0.1) is 0 Å². The van der Waals surface area contributed by atoms with E-state index in [2.05, 4.69) is 12.2 Å². The van der Waals surface area contributed by atoms with Gasteiger partial charge in [-0.15, -0.1) is 0 Å². The minimum Gasteiger partial charge on any atom is -0.459 e. The highest BCUT2D eigenvalue weighted by Gasteiger charge is 2.20. The molecule has 0 heterocycles. The van der Waals surface area contributed by atoms with Crippen LogP contribution in [0.3, 0.4) is 0 Å². The molecule has 1 N–H and O–H groups in total. The van der Waals surface area contributed by atoms with E-state index in [4.69, 9.17) is 4.74 Å². The van der Waals surface area contributed by atoms with Gasteiger partial charge in [-0.1, -0.05) is 51.9 Å². The van der Waals surface area contributed by atoms with Crippen molar-refractivity contribution in [3.8, 4) is 0 Å². The number of carbonyl (C=O) groups is 1. The van der Waals surface area contributed by atoms with Crippen LogP contribution in [0.4, 0.5) is 0 Å². The summed E-state index contributed by atoms with van der Waals surface area (Å²) in [4.78, 5) is 11.7. The monoisotopic (exact) mass is 285 g/mol. The van der Waals surface area contributed by atoms with Crippen LogP contribution in [-0.4, -0.2) is 24.2 Å². The Hall–Kier alpha value is -0.570. The highest BCUT2D eigenvalue weighted by Crippen LogP contribution is 2.09. The molecule has 0 aliphatic rings. The number of hydrogen-bond acceptors (Lipinski definition) is 3. The van der Waals surface area contributed by atoms with Gasteiger partial charge in [-0.3, -0.25) is 4.79 Å². The van der Waals surface area contributed by atoms with E-state index >= 15 is 0 Å². The highest BCUT2D eigenvalue weighted by atomic mass is 16.6. The first-order valence-corrected chi connectivity index (χ1v) is 8.33. The van der Waals surface area contributed by atoms with Gasteiger partial charge in [-0.2, -0.15) is 0 Å². The second kappa shape index (κ2) is 11.1. The van der Waals surface area contributed by atoms with Gasteiger partial charge in [0, 0.05) is 0 Å². The van der Waals surface area contributed by atoms with Crippen LogP contribution < -0.4 is 5.32 Å². The average molecular weight is 285 g/mol. The summed E-state index contributed by atoms with van der Waals surface area (Å²) in [7, 11) is 0. The van der Waals surface area contributed by atoms with Gasteiger partial charge in [-0.25, -0.2) is 0 Å². The molecule has 0 bridgehead atoms. The molecule has 0 aromatic rings. The lowest BCUT2D eigenvalue weighted by atomic mass is 10.1. The first kappa shape index (κ1) is 19.4. The van der Waals surface area contributed by atoms with E-state index in [9.17, 15) is 4.79 Å². The van der Waals surface area contributed by atoms with Crippen molar-refractivity contribution in [1.82, 2.24) is 5.32 Å². The Bertz CT molecular complexity index is 246. The molecule has 120 valence electrons. The number of rotatable bonds is 11. The molecule has 1 unspecified atom stereocenters. The molecule has 0 aliphatic heterocycles. The number of unbranched alkanes of at least 4 members (excludes halogenated alkanes) is 7. The zero-order valence-corrected chi connectivity index (χ0v) is 14.3. The fourth-order valence-corrected chi connectivity index (χ4v) is 2.05. The third-order valence-corrected chi connectivity index (χ3v) is 3.24. The zero-order chi connectivity index (χ0) is 15.4. The van der Waals surface area contributed by atoms with Crippen molar-refractivity contribution in [2.45, 2.75) is 97.6 Å². The third kappa shape index (κ3) is 12.5. The summed E-state index contributed by atoms with van der Waals surface area (Å²) in [5, 5.41) is 3.24. The lowest BCUT2D eigenvalue weighted by molar-refractivity contribution is -0.156. The van der Waals surface area contributed by atoms with E-state index < -0.39 is 5.60 Å². The molecule has 0 saturated carbocycles. The van der Waals surface area contributed by atoms with Gasteiger partial charge < -0.3 is 10.1 Å². The smallest absolute Gasteiger partial charge is 0.323 e. The second-order valence-corrected chi connectivity index (χ2v) is 6.68. The van der Waals surface area contributed by atoms with Crippen molar-refractivity contribution in [3.05, 3.63) is 0 Å². The van der Waals surface area contributed by atoms with E-state index in [0.29, 0.717) is 0 Å². The molecule has 0 saturated heterocycles. The molecule has 1 atom stereocenters. The maximum atomic E-state index is 11.7. The first-order valence-electron chi connectivity index (χ1n) is 8.33. The molecule has 0 amide bonds. The van der Waals surface area contributed by atoms with Crippen LogP contribution in [0.2, 0.25) is 0 Å². The van der Waals surface area contributed by atoms with E-state index in [1.807, 2.05) is 27.7 Å². The Morgan fingerprint density at radius 1 is 1.00 bits per heavy atom. The van der Waals surface area contributed by atoms with Crippen LogP contribution >= 0.6 is 0 Å². The van der Waals surface area contributed by atoms with Crippen LogP contribution in [0.5, 0.6) is 0 Å². The zero-order valence-electron chi connectivity index (χ0n) is 14.3. The molecule has 0 aliphatic carbocycles. The summed E-state index contributed by atoms with van der Waals surface area (Å²) in [6.07, 6.45) is 10.5. The number of esters is 1. The van der Waals surface area contributed by atoms with Crippen LogP contribution in [-0.2, 0) is 9.53 Å². The normalized spacial score (nSPS) is 13.2. The van der Waals surface area contributed by atoms with Crippen molar-refractivity contribution < 1.29 is 9.53 Å². The summed E-state index contributed by atoms with van der Waals surface area (Å²) in [6.45, 7) is 10.7. The van der Waals surface area contributed by atoms with Gasteiger partial charge in [-0.05, 0) is 40.7 Å². The molecular formula is C17H35NO2. The summed E-state index contributed by atoms with van der Waals surface area (Å²) in [5.41, 5.74) is -0.397. The third-order valence-electron chi connectivity index (χ3n) is 3.24. The van der Waals surface area contributed by atoms with Crippen molar-refractivity contribution in [2.75, 3.05) is 6.54 Å². The number of ether oxygens (including phenoxy) is 1. The van der Waals surface area contributed by atoms with Crippen molar-refractivity contribution in [3.63, 3.8) is 0 Å². The topological polar surface area (TPSA) is 38.3 Å².